The van der Waals surface area contributed by atoms with Crippen molar-refractivity contribution in [2.45, 2.75) is 5.37 Å². The Morgan fingerprint density at radius 3 is 2.76 bits per heavy atom. The molecule has 0 radical (unpaired) electrons. The van der Waals surface area contributed by atoms with Gasteiger partial charge >= 0.3 is 6.03 Å². The summed E-state index contributed by atoms with van der Waals surface area (Å²) in [5.74, 6) is 0.962. The maximum Gasteiger partial charge on any atom is 0.323 e. The van der Waals surface area contributed by atoms with E-state index in [0.29, 0.717) is 0 Å². The predicted octanol–water partition coefficient (Wildman–Crippen LogP) is 4.07. The van der Waals surface area contributed by atoms with E-state index in [4.69, 9.17) is 0 Å². The van der Waals surface area contributed by atoms with E-state index in [-0.39, 0.29) is 11.4 Å². The molecule has 2 heterocycles. The Balaban J connectivity index is 1.74. The van der Waals surface area contributed by atoms with Crippen molar-refractivity contribution in [3.8, 4) is 0 Å². The van der Waals surface area contributed by atoms with E-state index in [9.17, 15) is 4.79 Å². The van der Waals surface area contributed by atoms with Gasteiger partial charge in [-0.3, -0.25) is 0 Å². The number of halogens is 1. The largest absolute Gasteiger partial charge is 0.352 e. The van der Waals surface area contributed by atoms with Crippen molar-refractivity contribution < 1.29 is 4.79 Å². The van der Waals surface area contributed by atoms with E-state index in [2.05, 4.69) is 31.9 Å². The minimum Gasteiger partial charge on any atom is -0.352 e. The van der Waals surface area contributed by atoms with Gasteiger partial charge in [-0.15, -0.1) is 11.8 Å². The molecule has 2 aromatic rings. The Labute approximate surface area is 136 Å². The van der Waals surface area contributed by atoms with Gasteiger partial charge in [0.15, 0.2) is 0 Å². The average molecular weight is 366 g/mol. The molecule has 1 saturated heterocycles. The van der Waals surface area contributed by atoms with Crippen LogP contribution in [0.5, 0.6) is 0 Å². The Morgan fingerprint density at radius 1 is 1.33 bits per heavy atom. The molecule has 2 amide bonds. The maximum absolute atomic E-state index is 12.5. The average Bonchev–Trinajstić information content (AvgIpc) is 3.09. The first-order valence-electron chi connectivity index (χ1n) is 6.71. The molecule has 1 aromatic carbocycles. The number of anilines is 1. The van der Waals surface area contributed by atoms with Crippen molar-refractivity contribution in [1.82, 2.24) is 9.47 Å². The molecule has 1 atom stereocenters. The minimum absolute atomic E-state index is 0.0477. The third-order valence-electron chi connectivity index (χ3n) is 3.48. The van der Waals surface area contributed by atoms with E-state index in [0.717, 1.165) is 28.2 Å². The second-order valence-electron chi connectivity index (χ2n) is 4.90. The summed E-state index contributed by atoms with van der Waals surface area (Å²) in [6.07, 6.45) is 2.01. The zero-order valence-corrected chi connectivity index (χ0v) is 14.0. The molecule has 6 heteroatoms. The highest BCUT2D eigenvalue weighted by molar-refractivity contribution is 9.10. The molecule has 4 nitrogen and oxygen atoms in total. The van der Waals surface area contributed by atoms with Crippen molar-refractivity contribution in [2.24, 2.45) is 7.05 Å². The van der Waals surface area contributed by atoms with Gasteiger partial charge in [-0.05, 0) is 36.4 Å². The molecular formula is C15H16BrN3OS. The zero-order valence-electron chi connectivity index (χ0n) is 11.6. The highest BCUT2D eigenvalue weighted by Gasteiger charge is 2.32. The predicted molar refractivity (Wildman–Crippen MR) is 90.5 cm³/mol. The van der Waals surface area contributed by atoms with Crippen molar-refractivity contribution in [3.05, 3.63) is 52.8 Å². The van der Waals surface area contributed by atoms with E-state index >= 15 is 0 Å². The van der Waals surface area contributed by atoms with Crippen LogP contribution in [0.25, 0.3) is 0 Å². The highest BCUT2D eigenvalue weighted by Crippen LogP contribution is 2.38. The van der Waals surface area contributed by atoms with Gasteiger partial charge in [-0.25, -0.2) is 4.79 Å². The number of nitrogens with one attached hydrogen (secondary N) is 1. The summed E-state index contributed by atoms with van der Waals surface area (Å²) in [6, 6.07) is 11.7. The van der Waals surface area contributed by atoms with Crippen LogP contribution in [-0.2, 0) is 7.05 Å². The van der Waals surface area contributed by atoms with Crippen molar-refractivity contribution in [1.29, 1.82) is 0 Å². The summed E-state index contributed by atoms with van der Waals surface area (Å²) in [7, 11) is 2.01. The number of thioether (sulfide) groups is 1. The van der Waals surface area contributed by atoms with Crippen LogP contribution < -0.4 is 5.32 Å². The third-order valence-corrected chi connectivity index (χ3v) is 5.24. The quantitative estimate of drug-likeness (QED) is 0.870. The van der Waals surface area contributed by atoms with Crippen LogP contribution in [0.3, 0.4) is 0 Å². The van der Waals surface area contributed by atoms with Crippen LogP contribution in [0.2, 0.25) is 0 Å². The number of hydrogen-bond donors (Lipinski definition) is 1. The Morgan fingerprint density at radius 2 is 2.10 bits per heavy atom. The molecule has 1 aliphatic heterocycles. The highest BCUT2D eigenvalue weighted by atomic mass is 79.9. The molecule has 1 aliphatic rings. The SMILES string of the molecule is Cn1cccc1C1SCCN1C(=O)Nc1ccc(Br)cc1. The van der Waals surface area contributed by atoms with Crippen molar-refractivity contribution >= 4 is 39.4 Å². The second kappa shape index (κ2) is 6.15. The summed E-state index contributed by atoms with van der Waals surface area (Å²) in [4.78, 5) is 14.4. The first-order valence-corrected chi connectivity index (χ1v) is 8.55. The van der Waals surface area contributed by atoms with Crippen LogP contribution in [0, 0.1) is 0 Å². The summed E-state index contributed by atoms with van der Waals surface area (Å²) >= 11 is 5.19. The molecule has 1 aromatic heterocycles. The number of carbonyl (C=O) groups excluding carboxylic acids is 1. The number of carbonyl (C=O) groups is 1. The lowest BCUT2D eigenvalue weighted by Crippen LogP contribution is -2.34. The molecular weight excluding hydrogens is 350 g/mol. The fourth-order valence-electron chi connectivity index (χ4n) is 2.38. The van der Waals surface area contributed by atoms with Gasteiger partial charge in [-0.2, -0.15) is 0 Å². The number of amides is 2. The Bertz CT molecular complexity index is 641. The standard InChI is InChI=1S/C15H16BrN3OS/c1-18-8-2-3-13(18)14-19(9-10-21-14)15(20)17-12-6-4-11(16)5-7-12/h2-8,14H,9-10H2,1H3,(H,17,20). The molecule has 3 rings (SSSR count). The number of rotatable bonds is 2. The van der Waals surface area contributed by atoms with Gasteiger partial charge in [0.1, 0.15) is 5.37 Å². The van der Waals surface area contributed by atoms with Crippen molar-refractivity contribution in [3.63, 3.8) is 0 Å². The molecule has 0 bridgehead atoms. The summed E-state index contributed by atoms with van der Waals surface area (Å²) in [5.41, 5.74) is 1.97. The normalized spacial score (nSPS) is 18.0. The molecule has 21 heavy (non-hydrogen) atoms. The number of nitrogens with zero attached hydrogens (tertiary/aromatic N) is 2. The van der Waals surface area contributed by atoms with E-state index in [1.165, 1.54) is 0 Å². The Hall–Kier alpha value is -1.40. The molecule has 1 unspecified atom stereocenters. The van der Waals surface area contributed by atoms with Crippen LogP contribution in [0.4, 0.5) is 10.5 Å². The van der Waals surface area contributed by atoms with Crippen LogP contribution in [0.15, 0.2) is 47.1 Å². The van der Waals surface area contributed by atoms with Gasteiger partial charge in [-0.1, -0.05) is 15.9 Å². The van der Waals surface area contributed by atoms with Crippen molar-refractivity contribution in [2.75, 3.05) is 17.6 Å². The topological polar surface area (TPSA) is 37.3 Å². The van der Waals surface area contributed by atoms with Gasteiger partial charge in [0.2, 0.25) is 0 Å². The van der Waals surface area contributed by atoms with Gasteiger partial charge in [0, 0.05) is 35.7 Å². The smallest absolute Gasteiger partial charge is 0.323 e. The van der Waals surface area contributed by atoms with Gasteiger partial charge < -0.3 is 14.8 Å². The second-order valence-corrected chi connectivity index (χ2v) is 7.00. The number of aromatic nitrogens is 1. The number of hydrogen-bond acceptors (Lipinski definition) is 2. The van der Waals surface area contributed by atoms with Crippen LogP contribution in [-0.4, -0.2) is 27.8 Å². The first kappa shape index (κ1) is 14.5. The third kappa shape index (κ3) is 3.11. The Kier molecular flexibility index (Phi) is 4.26. The molecule has 110 valence electrons. The molecule has 1 fully saturated rings. The van der Waals surface area contributed by atoms with Gasteiger partial charge in [0.05, 0.1) is 5.69 Å². The number of benzene rings is 1. The maximum atomic E-state index is 12.5. The van der Waals surface area contributed by atoms with Gasteiger partial charge in [0.25, 0.3) is 0 Å². The molecule has 0 saturated carbocycles. The van der Waals surface area contributed by atoms with Crippen LogP contribution >= 0.6 is 27.7 Å². The lowest BCUT2D eigenvalue weighted by Gasteiger charge is -2.24. The minimum atomic E-state index is -0.0477. The summed E-state index contributed by atoms with van der Waals surface area (Å²) < 4.78 is 3.07. The summed E-state index contributed by atoms with van der Waals surface area (Å²) in [5, 5.41) is 3.05. The monoisotopic (exact) mass is 365 g/mol. The lowest BCUT2D eigenvalue weighted by molar-refractivity contribution is 0.213. The first-order chi connectivity index (χ1) is 10.1. The lowest BCUT2D eigenvalue weighted by atomic mass is 10.3. The van der Waals surface area contributed by atoms with E-state index < -0.39 is 0 Å². The fourth-order valence-corrected chi connectivity index (χ4v) is 3.97. The molecule has 0 spiro atoms. The number of urea groups is 1. The number of aryl methyl sites for hydroxylation is 1. The zero-order chi connectivity index (χ0) is 14.8. The van der Waals surface area contributed by atoms with E-state index in [1.54, 1.807) is 11.8 Å². The fraction of sp³-hybridized carbons (Fsp3) is 0.267. The molecule has 1 N–H and O–H groups in total. The summed E-state index contributed by atoms with van der Waals surface area (Å²) in [6.45, 7) is 0.767. The van der Waals surface area contributed by atoms with Crippen LogP contribution in [0.1, 0.15) is 11.1 Å². The molecule has 0 aliphatic carbocycles. The van der Waals surface area contributed by atoms with E-state index in [1.807, 2.05) is 48.5 Å².